The van der Waals surface area contributed by atoms with Crippen molar-refractivity contribution in [2.45, 2.75) is 37.6 Å². The van der Waals surface area contributed by atoms with E-state index in [2.05, 4.69) is 11.4 Å². The lowest BCUT2D eigenvalue weighted by Crippen LogP contribution is -2.52. The van der Waals surface area contributed by atoms with E-state index in [4.69, 9.17) is 16.7 Å². The minimum atomic E-state index is -0.813. The lowest BCUT2D eigenvalue weighted by Gasteiger charge is -2.38. The van der Waals surface area contributed by atoms with E-state index < -0.39 is 11.9 Å². The third-order valence-corrected chi connectivity index (χ3v) is 5.08. The summed E-state index contributed by atoms with van der Waals surface area (Å²) in [6.45, 7) is 0.950. The summed E-state index contributed by atoms with van der Waals surface area (Å²) in [6, 6.07) is 7.88. The number of carbonyl (C=O) groups is 2. The third-order valence-electron chi connectivity index (χ3n) is 4.84. The van der Waals surface area contributed by atoms with Gasteiger partial charge in [0.1, 0.15) is 0 Å². The fourth-order valence-electron chi connectivity index (χ4n) is 3.40. The molecule has 0 radical (unpaired) electrons. The Kier molecular flexibility index (Phi) is 4.76. The zero-order valence-electron chi connectivity index (χ0n) is 12.9. The number of halogens is 1. The van der Waals surface area contributed by atoms with Gasteiger partial charge >= 0.3 is 12.0 Å². The Labute approximate surface area is 140 Å². The van der Waals surface area contributed by atoms with Crippen LogP contribution in [0, 0.1) is 5.92 Å². The van der Waals surface area contributed by atoms with Crippen LogP contribution in [0.3, 0.4) is 0 Å². The summed E-state index contributed by atoms with van der Waals surface area (Å²) in [5.74, 6) is -0.811. The van der Waals surface area contributed by atoms with E-state index in [1.165, 1.54) is 5.56 Å². The largest absolute Gasteiger partial charge is 0.481 e. The number of urea groups is 1. The molecule has 1 aliphatic carbocycles. The number of benzene rings is 1. The van der Waals surface area contributed by atoms with Gasteiger partial charge in [-0.25, -0.2) is 4.79 Å². The van der Waals surface area contributed by atoms with Crippen LogP contribution in [-0.4, -0.2) is 41.1 Å². The topological polar surface area (TPSA) is 69.6 Å². The van der Waals surface area contributed by atoms with Crippen molar-refractivity contribution in [1.82, 2.24) is 10.2 Å². The van der Waals surface area contributed by atoms with Gasteiger partial charge in [-0.05, 0) is 49.3 Å². The van der Waals surface area contributed by atoms with E-state index >= 15 is 0 Å². The van der Waals surface area contributed by atoms with Crippen LogP contribution in [0.15, 0.2) is 24.3 Å². The first-order chi connectivity index (χ1) is 11.0. The molecular weight excluding hydrogens is 316 g/mol. The van der Waals surface area contributed by atoms with Gasteiger partial charge in [0.05, 0.1) is 5.92 Å². The number of carboxylic acid groups (broad SMARTS) is 1. The molecule has 1 aromatic rings. The molecule has 124 valence electrons. The number of piperidine rings is 1. The van der Waals surface area contributed by atoms with Gasteiger partial charge < -0.3 is 15.3 Å². The lowest BCUT2D eigenvalue weighted by atomic mass is 9.76. The van der Waals surface area contributed by atoms with Gasteiger partial charge in [0.25, 0.3) is 0 Å². The number of carboxylic acids is 1. The molecule has 3 rings (SSSR count). The molecular formula is C17H21ClN2O3. The first kappa shape index (κ1) is 16.1. The van der Waals surface area contributed by atoms with Crippen molar-refractivity contribution < 1.29 is 14.7 Å². The van der Waals surface area contributed by atoms with Crippen molar-refractivity contribution in [3.63, 3.8) is 0 Å². The summed E-state index contributed by atoms with van der Waals surface area (Å²) >= 11 is 6.01. The smallest absolute Gasteiger partial charge is 0.317 e. The number of nitrogens with zero attached hydrogens (tertiary/aromatic N) is 1. The van der Waals surface area contributed by atoms with Crippen LogP contribution in [0.2, 0.25) is 5.02 Å². The number of rotatable bonds is 3. The molecule has 1 saturated carbocycles. The maximum Gasteiger partial charge on any atom is 0.317 e. The van der Waals surface area contributed by atoms with Crippen molar-refractivity contribution in [3.8, 4) is 0 Å². The number of carbonyl (C=O) groups excluding carboxylic acids is 1. The number of aliphatic carboxylic acids is 1. The third kappa shape index (κ3) is 3.78. The minimum absolute atomic E-state index is 0.134. The molecule has 6 heteroatoms. The molecule has 1 saturated heterocycles. The van der Waals surface area contributed by atoms with Crippen molar-refractivity contribution in [2.75, 3.05) is 13.1 Å². The summed E-state index contributed by atoms with van der Waals surface area (Å²) in [5, 5.41) is 12.9. The second-order valence-electron chi connectivity index (χ2n) is 6.49. The van der Waals surface area contributed by atoms with Gasteiger partial charge in [-0.3, -0.25) is 4.79 Å². The van der Waals surface area contributed by atoms with Gasteiger partial charge in [0.15, 0.2) is 0 Å². The van der Waals surface area contributed by atoms with Gasteiger partial charge in [-0.15, -0.1) is 0 Å². The van der Waals surface area contributed by atoms with Crippen LogP contribution in [-0.2, 0) is 4.79 Å². The zero-order chi connectivity index (χ0) is 16.4. The Balaban J connectivity index is 1.48. The van der Waals surface area contributed by atoms with E-state index in [0.29, 0.717) is 25.4 Å². The van der Waals surface area contributed by atoms with E-state index in [1.54, 1.807) is 4.90 Å². The zero-order valence-corrected chi connectivity index (χ0v) is 13.6. The molecule has 2 amide bonds. The number of likely N-dealkylation sites (tertiary alicyclic amines) is 1. The van der Waals surface area contributed by atoms with Crippen molar-refractivity contribution >= 4 is 23.6 Å². The van der Waals surface area contributed by atoms with Crippen molar-refractivity contribution in [3.05, 3.63) is 34.9 Å². The highest BCUT2D eigenvalue weighted by Crippen LogP contribution is 2.37. The Morgan fingerprint density at radius 3 is 2.78 bits per heavy atom. The van der Waals surface area contributed by atoms with Crippen molar-refractivity contribution in [2.24, 2.45) is 5.92 Å². The Hall–Kier alpha value is -1.75. The monoisotopic (exact) mass is 336 g/mol. The van der Waals surface area contributed by atoms with E-state index in [-0.39, 0.29) is 12.1 Å². The number of nitrogens with one attached hydrogen (secondary N) is 1. The molecule has 1 aliphatic heterocycles. The predicted molar refractivity (Wildman–Crippen MR) is 87.7 cm³/mol. The van der Waals surface area contributed by atoms with Gasteiger partial charge in [-0.2, -0.15) is 0 Å². The van der Waals surface area contributed by atoms with Crippen molar-refractivity contribution in [1.29, 1.82) is 0 Å². The molecule has 23 heavy (non-hydrogen) atoms. The predicted octanol–water partition coefficient (Wildman–Crippen LogP) is 3.09. The maximum absolute atomic E-state index is 12.3. The van der Waals surface area contributed by atoms with Gasteiger partial charge in [-0.1, -0.05) is 23.7 Å². The Morgan fingerprint density at radius 1 is 1.30 bits per heavy atom. The summed E-state index contributed by atoms with van der Waals surface area (Å²) in [4.78, 5) is 25.0. The second kappa shape index (κ2) is 6.79. The average molecular weight is 337 g/mol. The molecule has 1 unspecified atom stereocenters. The highest BCUT2D eigenvalue weighted by atomic mass is 35.5. The van der Waals surface area contributed by atoms with Crippen LogP contribution in [0.5, 0.6) is 0 Å². The van der Waals surface area contributed by atoms with Crippen LogP contribution in [0.25, 0.3) is 0 Å². The Morgan fingerprint density at radius 2 is 2.09 bits per heavy atom. The molecule has 2 aliphatic rings. The standard InChI is InChI=1S/C17H21ClN2O3/c18-14-5-1-3-11(7-14)13-8-15(9-13)19-17(23)20-6-2-4-12(10-20)16(21)22/h1,3,5,7,12-13,15H,2,4,6,8-10H2,(H,19,23)(H,21,22). The normalized spacial score (nSPS) is 27.2. The number of hydrogen-bond donors (Lipinski definition) is 2. The average Bonchev–Trinajstić information content (AvgIpc) is 2.50. The molecule has 2 N–H and O–H groups in total. The fourth-order valence-corrected chi connectivity index (χ4v) is 3.60. The van der Waals surface area contributed by atoms with Crippen LogP contribution in [0.1, 0.15) is 37.2 Å². The quantitative estimate of drug-likeness (QED) is 0.891. The first-order valence-electron chi connectivity index (χ1n) is 8.06. The van der Waals surface area contributed by atoms with Crippen LogP contribution >= 0.6 is 11.6 Å². The lowest BCUT2D eigenvalue weighted by molar-refractivity contribution is -0.143. The molecule has 1 heterocycles. The van der Waals surface area contributed by atoms with Crippen LogP contribution < -0.4 is 5.32 Å². The van der Waals surface area contributed by atoms with E-state index in [9.17, 15) is 9.59 Å². The van der Waals surface area contributed by atoms with E-state index in [1.807, 2.05) is 18.2 Å². The molecule has 1 atom stereocenters. The summed E-state index contributed by atoms with van der Waals surface area (Å²) in [5.41, 5.74) is 1.21. The highest BCUT2D eigenvalue weighted by molar-refractivity contribution is 6.30. The molecule has 0 spiro atoms. The molecule has 1 aromatic carbocycles. The Bertz CT molecular complexity index is 601. The summed E-state index contributed by atoms with van der Waals surface area (Å²) < 4.78 is 0. The molecule has 0 aromatic heterocycles. The highest BCUT2D eigenvalue weighted by Gasteiger charge is 2.34. The molecule has 2 fully saturated rings. The van der Waals surface area contributed by atoms with Crippen LogP contribution in [0.4, 0.5) is 4.79 Å². The fraction of sp³-hybridized carbons (Fsp3) is 0.529. The van der Waals surface area contributed by atoms with Gasteiger partial charge in [0.2, 0.25) is 0 Å². The summed E-state index contributed by atoms with van der Waals surface area (Å²) in [7, 11) is 0. The van der Waals surface area contributed by atoms with Gasteiger partial charge in [0, 0.05) is 24.2 Å². The number of amides is 2. The minimum Gasteiger partial charge on any atom is -0.481 e. The second-order valence-corrected chi connectivity index (χ2v) is 6.93. The number of hydrogen-bond acceptors (Lipinski definition) is 2. The molecule has 5 nitrogen and oxygen atoms in total. The first-order valence-corrected chi connectivity index (χ1v) is 8.44. The maximum atomic E-state index is 12.3. The SMILES string of the molecule is O=C(O)C1CCCN(C(=O)NC2CC(c3cccc(Cl)c3)C2)C1. The van der Waals surface area contributed by atoms with E-state index in [0.717, 1.165) is 24.3 Å². The molecule has 0 bridgehead atoms. The summed E-state index contributed by atoms with van der Waals surface area (Å²) in [6.07, 6.45) is 3.21.